The maximum absolute atomic E-state index is 13.3. The number of Topliss-reactive ketones (excluding diaryl/α,β-unsaturated/α-hetero) is 1. The fraction of sp³-hybridized carbons (Fsp3) is 0.477. The summed E-state index contributed by atoms with van der Waals surface area (Å²) in [6.07, 6.45) is -9.43. The summed E-state index contributed by atoms with van der Waals surface area (Å²) in [5, 5.41) is 15.6. The molecule has 73 heavy (non-hydrogen) atoms. The highest BCUT2D eigenvalue weighted by Crippen LogP contribution is 2.38. The summed E-state index contributed by atoms with van der Waals surface area (Å²) in [7, 11) is 2.90. The van der Waals surface area contributed by atoms with Gasteiger partial charge in [0.15, 0.2) is 11.4 Å². The molecule has 3 amide bonds. The lowest BCUT2D eigenvalue weighted by Gasteiger charge is -2.37. The van der Waals surface area contributed by atoms with Crippen molar-refractivity contribution in [1.29, 1.82) is 5.26 Å². The van der Waals surface area contributed by atoms with Crippen molar-refractivity contribution in [1.82, 2.24) is 34.3 Å². The van der Waals surface area contributed by atoms with Gasteiger partial charge in [0.1, 0.15) is 30.7 Å². The summed E-state index contributed by atoms with van der Waals surface area (Å²) >= 11 is 33.5. The number of carbonyl (C=O) groups excluding carboxylic acids is 4. The highest BCUT2D eigenvalue weighted by Gasteiger charge is 2.40. The Morgan fingerprint density at radius 1 is 0.630 bits per heavy atom. The van der Waals surface area contributed by atoms with E-state index in [-0.39, 0.29) is 58.8 Å². The number of alkyl halides is 8. The van der Waals surface area contributed by atoms with Crippen LogP contribution in [0.15, 0.2) is 24.3 Å². The van der Waals surface area contributed by atoms with E-state index in [1.807, 2.05) is 9.80 Å². The summed E-state index contributed by atoms with van der Waals surface area (Å²) in [6, 6.07) is 7.79. The molecule has 0 saturated carbocycles. The maximum Gasteiger partial charge on any atom is 0.436 e. The normalized spacial score (nSPS) is 15.2. The van der Waals surface area contributed by atoms with Gasteiger partial charge in [-0.2, -0.15) is 41.8 Å². The van der Waals surface area contributed by atoms with Crippen molar-refractivity contribution in [2.24, 2.45) is 0 Å². The van der Waals surface area contributed by atoms with Crippen molar-refractivity contribution in [3.63, 3.8) is 0 Å². The molecule has 3 fully saturated rings. The number of halogens is 12. The molecule has 0 spiro atoms. The Morgan fingerprint density at radius 3 is 1.34 bits per heavy atom. The Labute approximate surface area is 444 Å². The molecule has 29 heteroatoms. The van der Waals surface area contributed by atoms with Crippen LogP contribution in [0.5, 0.6) is 11.5 Å². The summed E-state index contributed by atoms with van der Waals surface area (Å²) in [5.74, 6) is -1.000. The number of ether oxygens (including phenoxy) is 3. The van der Waals surface area contributed by atoms with Crippen molar-refractivity contribution < 1.29 is 59.7 Å². The first-order valence-corrected chi connectivity index (χ1v) is 24.3. The van der Waals surface area contributed by atoms with Crippen molar-refractivity contribution in [2.75, 3.05) is 108 Å². The topological polar surface area (TPSA) is 172 Å². The van der Waals surface area contributed by atoms with Crippen molar-refractivity contribution in [3.8, 4) is 17.6 Å². The number of nitrogens with zero attached hydrogens (tertiary/aromatic N) is 10. The number of benzene rings is 2. The standard InChI is InChI=1S/C23H26Cl2F3N5O4.C20H18Cl2F3N5O3.CH2Cl2/c1-14-20(25)21(23(26,27)28)29-33(14)13-19(34)31-5-3-30(4-6-31)17-12-18(36-2)16(24)11-15(17)22(35)32-7-9-37-10-8-32;1-11-18(22)19(20(23,24)25)27-30(11)10-17(32)29-5-3-28(4-6-29)14-8-16(33-2)13(21)7-12(14)15(31)9-26;2-1-3/h11-12H,3-10,13H2,1-2H3;7-8H,3-6,10H2,1-2H3;1H2. The molecule has 0 atom stereocenters. The van der Waals surface area contributed by atoms with Crippen molar-refractivity contribution in [2.45, 2.75) is 39.3 Å². The number of hydrogen-bond donors (Lipinski definition) is 0. The van der Waals surface area contributed by atoms with Gasteiger partial charge in [0.25, 0.3) is 11.7 Å². The van der Waals surface area contributed by atoms with Gasteiger partial charge in [-0.15, -0.1) is 23.2 Å². The number of anilines is 2. The smallest absolute Gasteiger partial charge is 0.436 e. The molecule has 398 valence electrons. The fourth-order valence-corrected chi connectivity index (χ4v) is 8.81. The van der Waals surface area contributed by atoms with Gasteiger partial charge >= 0.3 is 12.4 Å². The second kappa shape index (κ2) is 25.4. The summed E-state index contributed by atoms with van der Waals surface area (Å²) in [4.78, 5) is 59.5. The molecule has 0 aliphatic carbocycles. The van der Waals surface area contributed by atoms with E-state index < -0.39 is 52.0 Å². The highest BCUT2D eigenvalue weighted by molar-refractivity contribution is 6.40. The Morgan fingerprint density at radius 2 is 1.00 bits per heavy atom. The number of carbonyl (C=O) groups is 4. The van der Waals surface area contributed by atoms with E-state index in [2.05, 4.69) is 10.2 Å². The van der Waals surface area contributed by atoms with Crippen LogP contribution >= 0.6 is 69.6 Å². The van der Waals surface area contributed by atoms with Gasteiger partial charge in [-0.1, -0.05) is 46.4 Å². The van der Waals surface area contributed by atoms with E-state index in [0.29, 0.717) is 99.0 Å². The van der Waals surface area contributed by atoms with Crippen LogP contribution < -0.4 is 19.3 Å². The largest absolute Gasteiger partial charge is 0.495 e. The van der Waals surface area contributed by atoms with Gasteiger partial charge in [-0.3, -0.25) is 28.5 Å². The first-order chi connectivity index (χ1) is 34.4. The van der Waals surface area contributed by atoms with Gasteiger partial charge in [-0.25, -0.2) is 0 Å². The molecule has 0 bridgehead atoms. The zero-order chi connectivity index (χ0) is 54.1. The molecule has 3 aliphatic rings. The van der Waals surface area contributed by atoms with Gasteiger partial charge in [0, 0.05) is 77.6 Å². The zero-order valence-electron chi connectivity index (χ0n) is 39.3. The number of nitriles is 1. The number of methoxy groups -OCH3 is 2. The number of aromatic nitrogens is 4. The van der Waals surface area contributed by atoms with E-state index in [1.54, 1.807) is 34.1 Å². The number of piperazine rings is 2. The van der Waals surface area contributed by atoms with Crippen LogP contribution in [0.4, 0.5) is 37.7 Å². The minimum absolute atomic E-state index is 0.0453. The maximum atomic E-state index is 13.3. The minimum atomic E-state index is -4.72. The molecule has 4 aromatic rings. The van der Waals surface area contributed by atoms with Gasteiger partial charge in [0.2, 0.25) is 11.8 Å². The zero-order valence-corrected chi connectivity index (χ0v) is 43.8. The Hall–Kier alpha value is -5.09. The molecule has 0 radical (unpaired) electrons. The quantitative estimate of drug-likeness (QED) is 0.0645. The average molecular weight is 1150 g/mol. The molecule has 7 rings (SSSR count). The van der Waals surface area contributed by atoms with E-state index in [9.17, 15) is 45.5 Å². The Kier molecular flexibility index (Phi) is 20.5. The Balaban J connectivity index is 0.000000259. The first kappa shape index (κ1) is 58.8. The molecule has 0 unspecified atom stereocenters. The average Bonchev–Trinajstić information content (AvgIpc) is 3.82. The third-order valence-electron chi connectivity index (χ3n) is 11.7. The van der Waals surface area contributed by atoms with Crippen molar-refractivity contribution in [3.05, 3.63) is 78.3 Å². The number of hydrogen-bond acceptors (Lipinski definition) is 12. The third kappa shape index (κ3) is 14.2. The van der Waals surface area contributed by atoms with Crippen LogP contribution in [-0.2, 0) is 39.8 Å². The summed E-state index contributed by atoms with van der Waals surface area (Å²) in [5.41, 5.74) is -0.708. The van der Waals surface area contributed by atoms with E-state index in [1.165, 1.54) is 39.0 Å². The summed E-state index contributed by atoms with van der Waals surface area (Å²) in [6.45, 7) is 6.34. The van der Waals surface area contributed by atoms with Gasteiger partial charge in [0.05, 0.1) is 86.8 Å². The number of amides is 3. The predicted molar refractivity (Wildman–Crippen MR) is 261 cm³/mol. The monoisotopic (exact) mass is 1150 g/mol. The molecule has 2 aromatic heterocycles. The second-order valence-electron chi connectivity index (χ2n) is 16.0. The van der Waals surface area contributed by atoms with Gasteiger partial charge < -0.3 is 38.7 Å². The number of morpholine rings is 1. The molecule has 2 aromatic carbocycles. The lowest BCUT2D eigenvalue weighted by Crippen LogP contribution is -2.50. The summed E-state index contributed by atoms with van der Waals surface area (Å²) < 4.78 is 96.2. The Bertz CT molecular complexity index is 2700. The first-order valence-electron chi connectivity index (χ1n) is 21.7. The van der Waals surface area contributed by atoms with Crippen LogP contribution in [0.3, 0.4) is 0 Å². The van der Waals surface area contributed by atoms with Gasteiger partial charge in [-0.05, 0) is 26.0 Å². The molecule has 5 heterocycles. The molecule has 17 nitrogen and oxygen atoms in total. The lowest BCUT2D eigenvalue weighted by atomic mass is 10.1. The number of rotatable bonds is 10. The van der Waals surface area contributed by atoms with Crippen LogP contribution in [-0.4, -0.2) is 156 Å². The van der Waals surface area contributed by atoms with E-state index in [0.717, 1.165) is 9.36 Å². The SMILES string of the molecule is COc1cc(N2CCN(C(=O)Cn3nc(C(F)(F)F)c(Cl)c3C)CC2)c(C(=O)C#N)cc1Cl.COc1cc(N2CCN(C(=O)Cn3nc(C(F)(F)F)c(Cl)c3C)CC2)c(C(=O)N2CCOCC2)cc1Cl.ClCCl. The fourth-order valence-electron chi connectivity index (χ4n) is 7.84. The molecule has 3 aliphatic heterocycles. The molecule has 0 N–H and O–H groups in total. The molecular formula is C44H46Cl6F6N10O7. The van der Waals surface area contributed by atoms with Crippen LogP contribution in [0.25, 0.3) is 0 Å². The van der Waals surface area contributed by atoms with Crippen molar-refractivity contribution >= 4 is 104 Å². The highest BCUT2D eigenvalue weighted by atomic mass is 35.5. The molecular weight excluding hydrogens is 1110 g/mol. The van der Waals surface area contributed by atoms with Crippen LogP contribution in [0, 0.1) is 25.2 Å². The van der Waals surface area contributed by atoms with Crippen LogP contribution in [0.2, 0.25) is 20.1 Å². The second-order valence-corrected chi connectivity index (χ2v) is 18.4. The lowest BCUT2D eigenvalue weighted by molar-refractivity contribution is -0.142. The minimum Gasteiger partial charge on any atom is -0.495 e. The molecule has 3 saturated heterocycles. The third-order valence-corrected chi connectivity index (χ3v) is 13.2. The predicted octanol–water partition coefficient (Wildman–Crippen LogP) is 8.35. The van der Waals surface area contributed by atoms with E-state index in [4.69, 9.17) is 89.1 Å². The number of ketones is 1. The van der Waals surface area contributed by atoms with E-state index >= 15 is 0 Å². The van der Waals surface area contributed by atoms with Crippen LogP contribution in [0.1, 0.15) is 43.5 Å².